The van der Waals surface area contributed by atoms with Crippen molar-refractivity contribution in [1.82, 2.24) is 4.40 Å². The Bertz CT molecular complexity index is 1340. The van der Waals surface area contributed by atoms with E-state index < -0.39 is 5.63 Å². The number of anilines is 1. The van der Waals surface area contributed by atoms with Crippen LogP contribution in [0.5, 0.6) is 0 Å². The van der Waals surface area contributed by atoms with Gasteiger partial charge in [-0.05, 0) is 42.5 Å². The second-order valence-corrected chi connectivity index (χ2v) is 6.42. The highest BCUT2D eigenvalue weighted by molar-refractivity contribution is 5.93. The van der Waals surface area contributed by atoms with Crippen molar-refractivity contribution in [3.8, 4) is 17.4 Å². The zero-order valence-electron chi connectivity index (χ0n) is 14.9. The maximum atomic E-state index is 12.7. The van der Waals surface area contributed by atoms with Gasteiger partial charge in [0.1, 0.15) is 22.7 Å². The predicted molar refractivity (Wildman–Crippen MR) is 104 cm³/mol. The predicted octanol–water partition coefficient (Wildman–Crippen LogP) is 3.13. The first-order chi connectivity index (χ1) is 13.0. The summed E-state index contributed by atoms with van der Waals surface area (Å²) < 4.78 is 7.01. The second kappa shape index (κ2) is 6.15. The molecule has 3 aromatic heterocycles. The lowest BCUT2D eigenvalue weighted by atomic mass is 10.0. The first-order valence-corrected chi connectivity index (χ1v) is 8.35. The maximum Gasteiger partial charge on any atom is 0.348 e. The molecule has 0 aliphatic heterocycles. The van der Waals surface area contributed by atoms with Crippen molar-refractivity contribution in [3.05, 3.63) is 76.2 Å². The largest absolute Gasteiger partial charge is 0.422 e. The number of hydrogen-bond acceptors (Lipinski definition) is 5. The Morgan fingerprint density at radius 2 is 1.89 bits per heavy atom. The average Bonchev–Trinajstić information content (AvgIpc) is 2.68. The number of benzene rings is 1. The van der Waals surface area contributed by atoms with Gasteiger partial charge < -0.3 is 13.7 Å². The van der Waals surface area contributed by atoms with Crippen LogP contribution >= 0.6 is 0 Å². The zero-order chi connectivity index (χ0) is 19.1. The Labute approximate surface area is 154 Å². The van der Waals surface area contributed by atoms with Crippen LogP contribution in [0.4, 0.5) is 5.69 Å². The third-order valence-corrected chi connectivity index (χ3v) is 4.59. The van der Waals surface area contributed by atoms with E-state index in [0.717, 1.165) is 11.3 Å². The number of fused-ring (bicyclic) bond motifs is 2. The Balaban J connectivity index is 2.07. The topological polar surface area (TPSA) is 85.5 Å². The lowest BCUT2D eigenvalue weighted by Crippen LogP contribution is -2.21. The van der Waals surface area contributed by atoms with E-state index in [1.807, 2.05) is 43.3 Å². The molecule has 0 aliphatic rings. The van der Waals surface area contributed by atoms with Crippen LogP contribution in [0.2, 0.25) is 0 Å². The molecule has 4 aromatic rings. The summed E-state index contributed by atoms with van der Waals surface area (Å²) in [6.07, 6.45) is 1.66. The molecule has 6 nitrogen and oxygen atoms in total. The number of nitrogens with zero attached hydrogens (tertiary/aromatic N) is 3. The van der Waals surface area contributed by atoms with E-state index in [-0.39, 0.29) is 10.9 Å². The van der Waals surface area contributed by atoms with E-state index in [1.54, 1.807) is 30.5 Å². The number of pyridine rings is 2. The average molecular weight is 356 g/mol. The fraction of sp³-hybridized carbons (Fsp3) is 0.0952. The quantitative estimate of drug-likeness (QED) is 0.559. The molecule has 0 bridgehead atoms. The van der Waals surface area contributed by atoms with Crippen LogP contribution in [0.1, 0.15) is 5.56 Å². The van der Waals surface area contributed by atoms with Crippen molar-refractivity contribution in [3.63, 3.8) is 0 Å². The number of hydrogen-bond donors (Lipinski definition) is 1. The molecule has 0 fully saturated rings. The van der Waals surface area contributed by atoms with Crippen molar-refractivity contribution in [2.75, 3.05) is 19.0 Å². The lowest BCUT2D eigenvalue weighted by Gasteiger charge is -2.13. The number of nitrogens with one attached hydrogen (secondary N) is 1. The molecule has 1 aromatic carbocycles. The molecule has 0 radical (unpaired) electrons. The minimum atomic E-state index is -0.626. The summed E-state index contributed by atoms with van der Waals surface area (Å²) in [5.74, 6) is 0.369. The molecule has 1 N–H and O–H groups in total. The minimum absolute atomic E-state index is 0.00264. The van der Waals surface area contributed by atoms with Gasteiger partial charge in [-0.1, -0.05) is 6.07 Å². The summed E-state index contributed by atoms with van der Waals surface area (Å²) in [6.45, 7) is 0. The molecule has 0 spiro atoms. The smallest absolute Gasteiger partial charge is 0.348 e. The first-order valence-electron chi connectivity index (χ1n) is 8.35. The normalized spacial score (nSPS) is 10.9. The van der Waals surface area contributed by atoms with E-state index in [9.17, 15) is 10.1 Å². The Hall–Kier alpha value is -3.85. The molecule has 132 valence electrons. The molecular weight excluding hydrogens is 340 g/mol. The van der Waals surface area contributed by atoms with Gasteiger partial charge in [0.05, 0.1) is 11.1 Å². The van der Waals surface area contributed by atoms with E-state index in [0.29, 0.717) is 22.2 Å². The molecular formula is C21H16N4O2. The Morgan fingerprint density at radius 3 is 2.56 bits per heavy atom. The molecule has 0 unspecified atom stereocenters. The summed E-state index contributed by atoms with van der Waals surface area (Å²) in [4.78, 5) is 14.6. The highest BCUT2D eigenvalue weighted by atomic mass is 16.4. The standard InChI is InChI=1S/C21H16N4O2/c1-24(2)14-8-6-13(7-9-14)18-11-15-16(12-22)17-5-3-4-10-25(17)20(23)19(15)21(26)27-18/h3-11,23H,1-2H3. The van der Waals surface area contributed by atoms with Crippen molar-refractivity contribution in [2.24, 2.45) is 0 Å². The molecule has 0 aliphatic carbocycles. The van der Waals surface area contributed by atoms with Gasteiger partial charge in [0.25, 0.3) is 0 Å². The number of rotatable bonds is 2. The fourth-order valence-electron chi connectivity index (χ4n) is 3.20. The van der Waals surface area contributed by atoms with E-state index >= 15 is 0 Å². The SMILES string of the molecule is CN(C)c1ccc(-c2cc3c(C#N)c4ccccn4c(=N)c3c(=O)o2)cc1. The highest BCUT2D eigenvalue weighted by Crippen LogP contribution is 2.26. The van der Waals surface area contributed by atoms with Gasteiger partial charge in [0.15, 0.2) is 0 Å². The summed E-state index contributed by atoms with van der Waals surface area (Å²) in [5, 5.41) is 18.6. The summed E-state index contributed by atoms with van der Waals surface area (Å²) in [7, 11) is 3.89. The van der Waals surface area contributed by atoms with Crippen molar-refractivity contribution < 1.29 is 4.42 Å². The van der Waals surface area contributed by atoms with E-state index in [1.165, 1.54) is 4.40 Å². The van der Waals surface area contributed by atoms with Gasteiger partial charge in [-0.15, -0.1) is 0 Å². The molecule has 6 heteroatoms. The first kappa shape index (κ1) is 16.6. The van der Waals surface area contributed by atoms with Gasteiger partial charge in [-0.3, -0.25) is 5.41 Å². The lowest BCUT2D eigenvalue weighted by molar-refractivity contribution is 0.533. The number of nitriles is 1. The van der Waals surface area contributed by atoms with Gasteiger partial charge >= 0.3 is 5.63 Å². The van der Waals surface area contributed by atoms with Crippen molar-refractivity contribution >= 4 is 22.0 Å². The van der Waals surface area contributed by atoms with E-state index in [4.69, 9.17) is 9.83 Å². The van der Waals surface area contributed by atoms with Crippen LogP contribution in [-0.2, 0) is 0 Å². The van der Waals surface area contributed by atoms with Crippen molar-refractivity contribution in [2.45, 2.75) is 0 Å². The Morgan fingerprint density at radius 1 is 1.15 bits per heavy atom. The van der Waals surface area contributed by atoms with Crippen LogP contribution in [0.3, 0.4) is 0 Å². The fourth-order valence-corrected chi connectivity index (χ4v) is 3.20. The molecule has 0 amide bonds. The molecule has 0 atom stereocenters. The van der Waals surface area contributed by atoms with Crippen LogP contribution < -0.4 is 16.0 Å². The molecule has 27 heavy (non-hydrogen) atoms. The molecule has 0 saturated heterocycles. The Kier molecular flexibility index (Phi) is 3.78. The van der Waals surface area contributed by atoms with Crippen LogP contribution in [0, 0.1) is 16.7 Å². The third kappa shape index (κ3) is 2.57. The molecule has 0 saturated carbocycles. The minimum Gasteiger partial charge on any atom is -0.422 e. The summed E-state index contributed by atoms with van der Waals surface area (Å²) in [6, 6.07) is 16.7. The van der Waals surface area contributed by atoms with Gasteiger partial charge in [-0.2, -0.15) is 5.26 Å². The van der Waals surface area contributed by atoms with Crippen LogP contribution in [0.25, 0.3) is 27.6 Å². The van der Waals surface area contributed by atoms with Gasteiger partial charge in [-0.25, -0.2) is 4.79 Å². The van der Waals surface area contributed by atoms with Gasteiger partial charge in [0, 0.05) is 36.9 Å². The third-order valence-electron chi connectivity index (χ3n) is 4.59. The van der Waals surface area contributed by atoms with Gasteiger partial charge in [0.2, 0.25) is 0 Å². The second-order valence-electron chi connectivity index (χ2n) is 6.42. The monoisotopic (exact) mass is 356 g/mol. The van der Waals surface area contributed by atoms with Crippen molar-refractivity contribution in [1.29, 1.82) is 10.7 Å². The molecule has 3 heterocycles. The molecule has 4 rings (SSSR count). The highest BCUT2D eigenvalue weighted by Gasteiger charge is 2.16. The number of aromatic nitrogens is 1. The van der Waals surface area contributed by atoms with Crippen LogP contribution in [-0.4, -0.2) is 18.5 Å². The van der Waals surface area contributed by atoms with Crippen LogP contribution in [0.15, 0.2) is 63.9 Å². The summed E-state index contributed by atoms with van der Waals surface area (Å²) >= 11 is 0. The van der Waals surface area contributed by atoms with E-state index in [2.05, 4.69) is 6.07 Å². The maximum absolute atomic E-state index is 12.7. The zero-order valence-corrected chi connectivity index (χ0v) is 14.9. The summed E-state index contributed by atoms with van der Waals surface area (Å²) in [5.41, 5.74) is 2.06.